The molecule has 24 heavy (non-hydrogen) atoms. The topological polar surface area (TPSA) is 71.6 Å². The molecule has 3 rings (SSSR count). The molecular weight excluding hydrogens is 308 g/mol. The van der Waals surface area contributed by atoms with E-state index in [9.17, 15) is 9.59 Å². The van der Waals surface area contributed by atoms with Gasteiger partial charge in [0.1, 0.15) is 17.1 Å². The Balaban J connectivity index is 2.05. The molecular formula is C18H22N2O4. The summed E-state index contributed by atoms with van der Waals surface area (Å²) in [5, 5.41) is 0.391. The molecule has 1 aromatic heterocycles. The van der Waals surface area contributed by atoms with Crippen LogP contribution >= 0.6 is 0 Å². The van der Waals surface area contributed by atoms with Crippen molar-refractivity contribution in [1.82, 2.24) is 9.88 Å². The number of carbonyl (C=O) groups excluding carboxylic acids is 1. The largest absolute Gasteiger partial charge is 0.497 e. The molecule has 128 valence electrons. The summed E-state index contributed by atoms with van der Waals surface area (Å²) in [5.41, 5.74) is 0.420. The minimum absolute atomic E-state index is 0.160. The van der Waals surface area contributed by atoms with Crippen LogP contribution in [0.25, 0.3) is 10.9 Å². The van der Waals surface area contributed by atoms with Crippen LogP contribution in [0, 0.1) is 5.92 Å². The molecule has 1 fully saturated rings. The molecule has 0 saturated carbocycles. The lowest BCUT2D eigenvalue weighted by Crippen LogP contribution is -2.39. The zero-order valence-corrected chi connectivity index (χ0v) is 14.2. The number of piperidine rings is 1. The third kappa shape index (κ3) is 2.84. The second-order valence-corrected chi connectivity index (χ2v) is 6.26. The number of likely N-dealkylation sites (tertiary alicyclic amines) is 1. The maximum atomic E-state index is 12.8. The van der Waals surface area contributed by atoms with Crippen molar-refractivity contribution < 1.29 is 14.3 Å². The van der Waals surface area contributed by atoms with E-state index in [1.54, 1.807) is 17.0 Å². The number of rotatable bonds is 3. The van der Waals surface area contributed by atoms with E-state index < -0.39 is 0 Å². The number of benzene rings is 1. The number of carbonyl (C=O) groups is 1. The quantitative estimate of drug-likeness (QED) is 0.938. The van der Waals surface area contributed by atoms with Crippen LogP contribution in [0.5, 0.6) is 11.5 Å². The minimum atomic E-state index is -0.301. The maximum Gasteiger partial charge on any atom is 0.259 e. The highest BCUT2D eigenvalue weighted by molar-refractivity contribution is 5.98. The second kappa shape index (κ2) is 6.55. The van der Waals surface area contributed by atoms with E-state index in [1.165, 1.54) is 20.4 Å². The highest BCUT2D eigenvalue weighted by Gasteiger charge is 2.24. The molecule has 0 unspecified atom stereocenters. The number of methoxy groups -OCH3 is 2. The van der Waals surface area contributed by atoms with Crippen LogP contribution < -0.4 is 14.9 Å². The molecule has 6 heteroatoms. The fraction of sp³-hybridized carbons (Fsp3) is 0.444. The molecule has 0 radical (unpaired) electrons. The number of nitrogens with zero attached hydrogens (tertiary/aromatic N) is 1. The van der Waals surface area contributed by atoms with Crippen LogP contribution in [0.1, 0.15) is 30.1 Å². The number of amides is 1. The summed E-state index contributed by atoms with van der Waals surface area (Å²) in [6, 6.07) is 3.33. The first-order valence-corrected chi connectivity index (χ1v) is 8.11. The molecule has 0 aliphatic carbocycles. The van der Waals surface area contributed by atoms with Gasteiger partial charge in [0.2, 0.25) is 5.43 Å². The third-order valence-corrected chi connectivity index (χ3v) is 4.68. The summed E-state index contributed by atoms with van der Waals surface area (Å²) >= 11 is 0. The Labute approximate surface area is 140 Å². The first kappa shape index (κ1) is 16.4. The number of aromatic amines is 1. The van der Waals surface area contributed by atoms with Gasteiger partial charge in [0.05, 0.1) is 25.1 Å². The molecule has 0 spiro atoms. The average Bonchev–Trinajstić information content (AvgIpc) is 2.61. The Morgan fingerprint density at radius 2 is 1.92 bits per heavy atom. The van der Waals surface area contributed by atoms with Crippen molar-refractivity contribution in [1.29, 1.82) is 0 Å². The molecule has 2 heterocycles. The smallest absolute Gasteiger partial charge is 0.259 e. The van der Waals surface area contributed by atoms with E-state index in [1.807, 2.05) is 0 Å². The van der Waals surface area contributed by atoms with Gasteiger partial charge in [0.25, 0.3) is 5.91 Å². The third-order valence-electron chi connectivity index (χ3n) is 4.68. The Morgan fingerprint density at radius 1 is 1.21 bits per heavy atom. The molecule has 1 amide bonds. The molecule has 1 aliphatic rings. The first-order chi connectivity index (χ1) is 11.5. The van der Waals surface area contributed by atoms with Gasteiger partial charge in [-0.15, -0.1) is 0 Å². The summed E-state index contributed by atoms with van der Waals surface area (Å²) in [6.45, 7) is 3.57. The number of fused-ring (bicyclic) bond motifs is 1. The van der Waals surface area contributed by atoms with Crippen molar-refractivity contribution in [2.45, 2.75) is 19.8 Å². The Morgan fingerprint density at radius 3 is 2.54 bits per heavy atom. The van der Waals surface area contributed by atoms with E-state index in [0.29, 0.717) is 41.4 Å². The van der Waals surface area contributed by atoms with Gasteiger partial charge in [0.15, 0.2) is 0 Å². The van der Waals surface area contributed by atoms with E-state index in [0.717, 1.165) is 12.8 Å². The molecule has 1 saturated heterocycles. The summed E-state index contributed by atoms with van der Waals surface area (Å²) in [4.78, 5) is 30.3. The Kier molecular flexibility index (Phi) is 4.46. The predicted molar refractivity (Wildman–Crippen MR) is 92.0 cm³/mol. The van der Waals surface area contributed by atoms with Crippen LogP contribution in [-0.4, -0.2) is 43.1 Å². The fourth-order valence-corrected chi connectivity index (χ4v) is 3.09. The molecule has 1 aromatic carbocycles. The van der Waals surface area contributed by atoms with Crippen molar-refractivity contribution in [2.24, 2.45) is 5.92 Å². The van der Waals surface area contributed by atoms with Crippen molar-refractivity contribution in [3.05, 3.63) is 34.1 Å². The zero-order chi connectivity index (χ0) is 17.3. The van der Waals surface area contributed by atoms with E-state index in [4.69, 9.17) is 9.47 Å². The number of hydrogen-bond acceptors (Lipinski definition) is 4. The van der Waals surface area contributed by atoms with Gasteiger partial charge >= 0.3 is 0 Å². The number of hydrogen-bond donors (Lipinski definition) is 1. The second-order valence-electron chi connectivity index (χ2n) is 6.26. The first-order valence-electron chi connectivity index (χ1n) is 8.11. The van der Waals surface area contributed by atoms with Crippen LogP contribution in [0.3, 0.4) is 0 Å². The van der Waals surface area contributed by atoms with E-state index >= 15 is 0 Å². The van der Waals surface area contributed by atoms with Gasteiger partial charge in [0, 0.05) is 25.4 Å². The summed E-state index contributed by atoms with van der Waals surface area (Å²) in [5.74, 6) is 1.43. The number of pyridine rings is 1. The van der Waals surface area contributed by atoms with Crippen molar-refractivity contribution in [3.63, 3.8) is 0 Å². The highest BCUT2D eigenvalue weighted by atomic mass is 16.5. The van der Waals surface area contributed by atoms with Crippen LogP contribution in [0.15, 0.2) is 23.1 Å². The molecule has 1 aliphatic heterocycles. The lowest BCUT2D eigenvalue weighted by Gasteiger charge is -2.30. The molecule has 6 nitrogen and oxygen atoms in total. The molecule has 0 atom stereocenters. The Bertz CT molecular complexity index is 820. The van der Waals surface area contributed by atoms with E-state index in [2.05, 4.69) is 11.9 Å². The number of aromatic nitrogens is 1. The molecule has 1 N–H and O–H groups in total. The standard InChI is InChI=1S/C18H22N2O4/c1-11-4-6-20(7-5-11)18(22)14-10-19-16-13(17(14)21)8-12(23-2)9-15(16)24-3/h8-11H,4-7H2,1-3H3,(H,19,21). The lowest BCUT2D eigenvalue weighted by atomic mass is 9.98. The monoisotopic (exact) mass is 330 g/mol. The lowest BCUT2D eigenvalue weighted by molar-refractivity contribution is 0.0696. The fourth-order valence-electron chi connectivity index (χ4n) is 3.09. The summed E-state index contributed by atoms with van der Waals surface area (Å²) < 4.78 is 10.5. The SMILES string of the molecule is COc1cc(OC)c2[nH]cc(C(=O)N3CCC(C)CC3)c(=O)c2c1. The van der Waals surface area contributed by atoms with Gasteiger partial charge < -0.3 is 19.4 Å². The molecule has 0 bridgehead atoms. The van der Waals surface area contributed by atoms with Crippen LogP contribution in [-0.2, 0) is 0 Å². The van der Waals surface area contributed by atoms with Crippen molar-refractivity contribution >= 4 is 16.8 Å². The number of ether oxygens (including phenoxy) is 2. The van der Waals surface area contributed by atoms with Gasteiger partial charge in [-0.2, -0.15) is 0 Å². The predicted octanol–water partition coefficient (Wildman–Crippen LogP) is 2.42. The number of H-pyrrole nitrogens is 1. The average molecular weight is 330 g/mol. The molecule has 2 aromatic rings. The van der Waals surface area contributed by atoms with Crippen molar-refractivity contribution in [3.8, 4) is 11.5 Å². The highest BCUT2D eigenvalue weighted by Crippen LogP contribution is 2.28. The maximum absolute atomic E-state index is 12.8. The van der Waals surface area contributed by atoms with Gasteiger partial charge in [-0.1, -0.05) is 6.92 Å². The summed E-state index contributed by atoms with van der Waals surface area (Å²) in [6.07, 6.45) is 3.43. The van der Waals surface area contributed by atoms with E-state index in [-0.39, 0.29) is 16.9 Å². The zero-order valence-electron chi connectivity index (χ0n) is 14.2. The van der Waals surface area contributed by atoms with Gasteiger partial charge in [-0.3, -0.25) is 9.59 Å². The number of nitrogens with one attached hydrogen (secondary N) is 1. The van der Waals surface area contributed by atoms with Crippen LogP contribution in [0.2, 0.25) is 0 Å². The summed E-state index contributed by atoms with van der Waals surface area (Å²) in [7, 11) is 3.05. The van der Waals surface area contributed by atoms with Crippen LogP contribution in [0.4, 0.5) is 0 Å². The van der Waals surface area contributed by atoms with Gasteiger partial charge in [-0.25, -0.2) is 0 Å². The normalized spacial score (nSPS) is 15.5. The Hall–Kier alpha value is -2.50. The minimum Gasteiger partial charge on any atom is -0.497 e. The van der Waals surface area contributed by atoms with Crippen molar-refractivity contribution in [2.75, 3.05) is 27.3 Å². The van der Waals surface area contributed by atoms with Gasteiger partial charge in [-0.05, 0) is 24.8 Å².